The van der Waals surface area contributed by atoms with Crippen molar-refractivity contribution in [1.29, 1.82) is 0 Å². The monoisotopic (exact) mass is 187 g/mol. The Bertz CT molecular complexity index is 140. The van der Waals surface area contributed by atoms with Gasteiger partial charge >= 0.3 is 0 Å². The summed E-state index contributed by atoms with van der Waals surface area (Å²) in [4.78, 5) is 2.67. The molecule has 0 radical (unpaired) electrons. The molecule has 0 aromatic heterocycles. The van der Waals surface area contributed by atoms with Crippen molar-refractivity contribution in [2.75, 3.05) is 19.0 Å². The average molecular weight is 188 g/mol. The quantitative estimate of drug-likeness (QED) is 0.571. The molecule has 0 spiro atoms. The first-order valence-corrected chi connectivity index (χ1v) is 5.75. The Kier molecular flexibility index (Phi) is 2.92. The number of rotatable bonds is 1. The molecule has 2 heterocycles. The molecule has 0 bridgehead atoms. The van der Waals surface area contributed by atoms with E-state index in [1.54, 1.807) is 0 Å². The van der Waals surface area contributed by atoms with Gasteiger partial charge in [-0.2, -0.15) is 0 Å². The molecule has 2 atom stereocenters. The Morgan fingerprint density at radius 1 is 1.08 bits per heavy atom. The van der Waals surface area contributed by atoms with E-state index in [-0.39, 0.29) is 0 Å². The number of fused-ring (bicyclic) bond motifs is 1. The van der Waals surface area contributed by atoms with Gasteiger partial charge in [0.2, 0.25) is 0 Å². The number of alkyl halides is 1. The predicted molar refractivity (Wildman–Crippen MR) is 52.7 cm³/mol. The highest BCUT2D eigenvalue weighted by atomic mass is 35.5. The lowest BCUT2D eigenvalue weighted by atomic mass is 9.85. The Hall–Kier alpha value is 0.250. The smallest absolute Gasteiger partial charge is 0.0266 e. The van der Waals surface area contributed by atoms with Gasteiger partial charge in [-0.3, -0.25) is 0 Å². The lowest BCUT2D eigenvalue weighted by Gasteiger charge is -2.43. The van der Waals surface area contributed by atoms with Gasteiger partial charge in [-0.15, -0.1) is 11.6 Å². The van der Waals surface area contributed by atoms with Crippen LogP contribution in [0.5, 0.6) is 0 Å². The van der Waals surface area contributed by atoms with E-state index in [4.69, 9.17) is 11.6 Å². The zero-order valence-corrected chi connectivity index (χ0v) is 8.39. The van der Waals surface area contributed by atoms with Crippen molar-refractivity contribution in [1.82, 2.24) is 4.90 Å². The standard InChI is InChI=1S/C10H18ClN/c11-8-9-4-3-7-12-6-2-1-5-10(9)12/h9-10H,1-8H2/t9-,10-/m0/s1. The third kappa shape index (κ3) is 1.62. The molecule has 0 aromatic carbocycles. The highest BCUT2D eigenvalue weighted by Crippen LogP contribution is 2.31. The zero-order valence-electron chi connectivity index (χ0n) is 7.64. The molecule has 0 aliphatic carbocycles. The molecular formula is C10H18ClN. The van der Waals surface area contributed by atoms with E-state index in [0.717, 1.165) is 17.8 Å². The van der Waals surface area contributed by atoms with E-state index >= 15 is 0 Å². The molecule has 2 aliphatic rings. The predicted octanol–water partition coefficient (Wildman–Crippen LogP) is 2.49. The van der Waals surface area contributed by atoms with E-state index in [2.05, 4.69) is 4.90 Å². The van der Waals surface area contributed by atoms with Crippen molar-refractivity contribution in [3.05, 3.63) is 0 Å². The van der Waals surface area contributed by atoms with E-state index in [1.807, 2.05) is 0 Å². The Labute approximate surface area is 80.1 Å². The molecule has 0 unspecified atom stereocenters. The fourth-order valence-corrected chi connectivity index (χ4v) is 3.12. The van der Waals surface area contributed by atoms with Crippen molar-refractivity contribution in [3.63, 3.8) is 0 Å². The summed E-state index contributed by atoms with van der Waals surface area (Å²) in [5, 5.41) is 0. The second kappa shape index (κ2) is 3.97. The Balaban J connectivity index is 1.99. The topological polar surface area (TPSA) is 3.24 Å². The molecule has 0 saturated carbocycles. The van der Waals surface area contributed by atoms with Crippen LogP contribution in [0.1, 0.15) is 32.1 Å². The number of halogens is 1. The zero-order chi connectivity index (χ0) is 8.39. The molecule has 1 nitrogen and oxygen atoms in total. The minimum absolute atomic E-state index is 0.792. The Morgan fingerprint density at radius 3 is 2.75 bits per heavy atom. The maximum Gasteiger partial charge on any atom is 0.0266 e. The fourth-order valence-electron chi connectivity index (χ4n) is 2.76. The lowest BCUT2D eigenvalue weighted by molar-refractivity contribution is 0.0688. The van der Waals surface area contributed by atoms with Gasteiger partial charge in [-0.25, -0.2) is 0 Å². The first kappa shape index (κ1) is 8.83. The molecule has 2 saturated heterocycles. The first-order valence-electron chi connectivity index (χ1n) is 5.22. The summed E-state index contributed by atoms with van der Waals surface area (Å²) in [5.41, 5.74) is 0. The molecule has 2 heteroatoms. The normalized spacial score (nSPS) is 37.8. The van der Waals surface area contributed by atoms with Crippen molar-refractivity contribution in [3.8, 4) is 0 Å². The third-order valence-corrected chi connectivity index (χ3v) is 3.82. The van der Waals surface area contributed by atoms with Gasteiger partial charge in [0, 0.05) is 11.9 Å². The largest absolute Gasteiger partial charge is 0.300 e. The maximum absolute atomic E-state index is 5.97. The van der Waals surface area contributed by atoms with Crippen LogP contribution in [-0.2, 0) is 0 Å². The molecule has 0 N–H and O–H groups in total. The highest BCUT2D eigenvalue weighted by molar-refractivity contribution is 6.18. The van der Waals surface area contributed by atoms with Crippen LogP contribution in [-0.4, -0.2) is 29.9 Å². The Morgan fingerprint density at radius 2 is 1.92 bits per heavy atom. The van der Waals surface area contributed by atoms with Crippen molar-refractivity contribution < 1.29 is 0 Å². The van der Waals surface area contributed by atoms with Crippen LogP contribution >= 0.6 is 11.6 Å². The first-order chi connectivity index (χ1) is 5.92. The number of piperidine rings is 2. The SMILES string of the molecule is ClC[C@@H]1CCCN2CCCC[C@@H]12. The summed E-state index contributed by atoms with van der Waals surface area (Å²) in [7, 11) is 0. The molecule has 0 aromatic rings. The lowest BCUT2D eigenvalue weighted by Crippen LogP contribution is -2.48. The average Bonchev–Trinajstić information content (AvgIpc) is 2.17. The van der Waals surface area contributed by atoms with Gasteiger partial charge in [0.15, 0.2) is 0 Å². The van der Waals surface area contributed by atoms with Gasteiger partial charge in [-0.05, 0) is 44.7 Å². The van der Waals surface area contributed by atoms with Crippen LogP contribution in [0.15, 0.2) is 0 Å². The van der Waals surface area contributed by atoms with Crippen LogP contribution in [0.3, 0.4) is 0 Å². The van der Waals surface area contributed by atoms with Gasteiger partial charge in [0.05, 0.1) is 0 Å². The fraction of sp³-hybridized carbons (Fsp3) is 1.00. The van der Waals surface area contributed by atoms with Gasteiger partial charge < -0.3 is 4.90 Å². The molecular weight excluding hydrogens is 170 g/mol. The second-order valence-corrected chi connectivity index (χ2v) is 4.46. The van der Waals surface area contributed by atoms with Gasteiger partial charge in [-0.1, -0.05) is 6.42 Å². The van der Waals surface area contributed by atoms with Gasteiger partial charge in [0.25, 0.3) is 0 Å². The maximum atomic E-state index is 5.97. The molecule has 70 valence electrons. The van der Waals surface area contributed by atoms with E-state index in [1.165, 1.54) is 45.2 Å². The van der Waals surface area contributed by atoms with Crippen molar-refractivity contribution in [2.45, 2.75) is 38.1 Å². The van der Waals surface area contributed by atoms with E-state index < -0.39 is 0 Å². The minimum atomic E-state index is 0.792. The van der Waals surface area contributed by atoms with Crippen LogP contribution in [0.4, 0.5) is 0 Å². The molecule has 0 amide bonds. The number of nitrogens with zero attached hydrogens (tertiary/aromatic N) is 1. The van der Waals surface area contributed by atoms with Crippen LogP contribution in [0.25, 0.3) is 0 Å². The summed E-state index contributed by atoms with van der Waals surface area (Å²) in [6.45, 7) is 2.66. The molecule has 2 rings (SSSR count). The van der Waals surface area contributed by atoms with Gasteiger partial charge in [0.1, 0.15) is 0 Å². The van der Waals surface area contributed by atoms with Crippen molar-refractivity contribution in [2.24, 2.45) is 5.92 Å². The van der Waals surface area contributed by atoms with Crippen LogP contribution < -0.4 is 0 Å². The number of hydrogen-bond acceptors (Lipinski definition) is 1. The van der Waals surface area contributed by atoms with Crippen molar-refractivity contribution >= 4 is 11.6 Å². The molecule has 2 aliphatic heterocycles. The van der Waals surface area contributed by atoms with Crippen LogP contribution in [0, 0.1) is 5.92 Å². The molecule has 2 fully saturated rings. The number of hydrogen-bond donors (Lipinski definition) is 0. The summed E-state index contributed by atoms with van der Waals surface area (Å²) >= 11 is 5.97. The summed E-state index contributed by atoms with van der Waals surface area (Å²) < 4.78 is 0. The minimum Gasteiger partial charge on any atom is -0.300 e. The third-order valence-electron chi connectivity index (χ3n) is 3.43. The second-order valence-electron chi connectivity index (χ2n) is 4.16. The summed E-state index contributed by atoms with van der Waals surface area (Å²) in [5.74, 6) is 1.67. The van der Waals surface area contributed by atoms with Crippen LogP contribution in [0.2, 0.25) is 0 Å². The summed E-state index contributed by atoms with van der Waals surface area (Å²) in [6.07, 6.45) is 6.97. The molecule has 12 heavy (non-hydrogen) atoms. The van der Waals surface area contributed by atoms with E-state index in [0.29, 0.717) is 0 Å². The van der Waals surface area contributed by atoms with E-state index in [9.17, 15) is 0 Å². The summed E-state index contributed by atoms with van der Waals surface area (Å²) in [6, 6.07) is 0.838. The highest BCUT2D eigenvalue weighted by Gasteiger charge is 2.31.